The Bertz CT molecular complexity index is 626. The molecule has 0 unspecified atom stereocenters. The highest BCUT2D eigenvalue weighted by Gasteiger charge is 2.11. The number of hydrogen-bond acceptors (Lipinski definition) is 5. The highest BCUT2D eigenvalue weighted by atomic mass is 16.1. The molecular weight excluding hydrogens is 266 g/mol. The summed E-state index contributed by atoms with van der Waals surface area (Å²) in [6.45, 7) is 1.55. The lowest BCUT2D eigenvalue weighted by Crippen LogP contribution is -2.28. The van der Waals surface area contributed by atoms with Crippen molar-refractivity contribution in [3.05, 3.63) is 36.0 Å². The van der Waals surface area contributed by atoms with Gasteiger partial charge in [0, 0.05) is 11.9 Å². The van der Waals surface area contributed by atoms with Gasteiger partial charge in [-0.25, -0.2) is 4.98 Å². The number of pyridine rings is 1. The molecule has 21 heavy (non-hydrogen) atoms. The van der Waals surface area contributed by atoms with Crippen LogP contribution < -0.4 is 16.6 Å². The molecule has 0 radical (unpaired) electrons. The molecule has 0 aliphatic heterocycles. The van der Waals surface area contributed by atoms with Crippen molar-refractivity contribution in [2.45, 2.75) is 6.42 Å². The van der Waals surface area contributed by atoms with Crippen LogP contribution in [-0.2, 0) is 0 Å². The quantitative estimate of drug-likeness (QED) is 0.422. The molecule has 2 rings (SSSR count). The van der Waals surface area contributed by atoms with Crippen LogP contribution in [0.1, 0.15) is 16.9 Å². The number of nitrogens with two attached hydrogens (primary N) is 1. The average Bonchev–Trinajstić information content (AvgIpc) is 2.50. The van der Waals surface area contributed by atoms with E-state index < -0.39 is 0 Å². The maximum absolute atomic E-state index is 12.1. The summed E-state index contributed by atoms with van der Waals surface area (Å²) in [5.74, 6) is 5.34. The maximum Gasteiger partial charge on any atom is 0.269 e. The molecule has 6 nitrogen and oxygen atoms in total. The number of nitrogens with zero attached hydrogens (tertiary/aromatic N) is 2. The van der Waals surface area contributed by atoms with Gasteiger partial charge in [0.1, 0.15) is 5.69 Å². The molecular formula is C15H21N5O. The molecule has 0 aliphatic carbocycles. The van der Waals surface area contributed by atoms with Crippen molar-refractivity contribution >= 4 is 22.5 Å². The largest absolute Gasteiger partial charge is 0.351 e. The topological polar surface area (TPSA) is 83.3 Å². The van der Waals surface area contributed by atoms with E-state index in [4.69, 9.17) is 5.84 Å². The van der Waals surface area contributed by atoms with Gasteiger partial charge in [0.2, 0.25) is 0 Å². The van der Waals surface area contributed by atoms with Crippen LogP contribution >= 0.6 is 0 Å². The average molecular weight is 287 g/mol. The van der Waals surface area contributed by atoms with Gasteiger partial charge in [0.15, 0.2) is 0 Å². The minimum Gasteiger partial charge on any atom is -0.351 e. The van der Waals surface area contributed by atoms with Gasteiger partial charge < -0.3 is 15.6 Å². The molecule has 0 spiro atoms. The first-order chi connectivity index (χ1) is 10.1. The molecule has 0 fully saturated rings. The lowest BCUT2D eigenvalue weighted by molar-refractivity contribution is 0.0947. The van der Waals surface area contributed by atoms with Crippen LogP contribution in [0.15, 0.2) is 30.3 Å². The summed E-state index contributed by atoms with van der Waals surface area (Å²) < 4.78 is 0. The third-order valence-electron chi connectivity index (χ3n) is 3.17. The van der Waals surface area contributed by atoms with Crippen LogP contribution in [-0.4, -0.2) is 43.0 Å². The van der Waals surface area contributed by atoms with E-state index >= 15 is 0 Å². The first-order valence-electron chi connectivity index (χ1n) is 6.91. The summed E-state index contributed by atoms with van der Waals surface area (Å²) in [4.78, 5) is 18.6. The van der Waals surface area contributed by atoms with Crippen molar-refractivity contribution in [3.8, 4) is 0 Å². The van der Waals surface area contributed by atoms with E-state index in [2.05, 4.69) is 20.6 Å². The van der Waals surface area contributed by atoms with Crippen LogP contribution in [0.4, 0.5) is 5.69 Å². The SMILES string of the molecule is CN(C)CCCNC(=O)c1cc(NN)c2ccccc2n1. The second kappa shape index (κ2) is 7.01. The summed E-state index contributed by atoms with van der Waals surface area (Å²) >= 11 is 0. The Morgan fingerprint density at radius 3 is 2.81 bits per heavy atom. The number of anilines is 1. The Balaban J connectivity index is 2.12. The van der Waals surface area contributed by atoms with Gasteiger partial charge in [-0.15, -0.1) is 0 Å². The Kier molecular flexibility index (Phi) is 5.08. The number of hydrazine groups is 1. The van der Waals surface area contributed by atoms with Crippen molar-refractivity contribution in [2.24, 2.45) is 5.84 Å². The fourth-order valence-electron chi connectivity index (χ4n) is 2.10. The van der Waals surface area contributed by atoms with E-state index in [-0.39, 0.29) is 5.91 Å². The lowest BCUT2D eigenvalue weighted by Gasteiger charge is -2.11. The van der Waals surface area contributed by atoms with Crippen molar-refractivity contribution in [1.29, 1.82) is 0 Å². The summed E-state index contributed by atoms with van der Waals surface area (Å²) in [7, 11) is 4.01. The predicted octanol–water partition coefficient (Wildman–Crippen LogP) is 1.20. The zero-order valence-electron chi connectivity index (χ0n) is 12.4. The minimum atomic E-state index is -0.184. The lowest BCUT2D eigenvalue weighted by atomic mass is 10.1. The molecule has 2 aromatic rings. The monoisotopic (exact) mass is 287 g/mol. The van der Waals surface area contributed by atoms with E-state index in [1.165, 1.54) is 0 Å². The molecule has 1 heterocycles. The van der Waals surface area contributed by atoms with E-state index in [0.717, 1.165) is 23.9 Å². The number of carbonyl (C=O) groups is 1. The van der Waals surface area contributed by atoms with Crippen molar-refractivity contribution < 1.29 is 4.79 Å². The Labute approximate surface area is 124 Å². The van der Waals surface area contributed by atoms with Gasteiger partial charge in [-0.1, -0.05) is 18.2 Å². The summed E-state index contributed by atoms with van der Waals surface area (Å²) in [6.07, 6.45) is 0.897. The number of para-hydroxylation sites is 1. The normalized spacial score (nSPS) is 10.9. The molecule has 0 aliphatic rings. The first-order valence-corrected chi connectivity index (χ1v) is 6.91. The van der Waals surface area contributed by atoms with Gasteiger partial charge in [0.25, 0.3) is 5.91 Å². The molecule has 0 saturated heterocycles. The van der Waals surface area contributed by atoms with Gasteiger partial charge >= 0.3 is 0 Å². The summed E-state index contributed by atoms with van der Waals surface area (Å²) in [5, 5.41) is 3.77. The molecule has 112 valence electrons. The number of amides is 1. The minimum absolute atomic E-state index is 0.184. The fraction of sp³-hybridized carbons (Fsp3) is 0.333. The van der Waals surface area contributed by atoms with E-state index in [1.54, 1.807) is 6.07 Å². The number of benzene rings is 1. The molecule has 1 aromatic heterocycles. The summed E-state index contributed by atoms with van der Waals surface area (Å²) in [6, 6.07) is 9.24. The van der Waals surface area contributed by atoms with E-state index in [0.29, 0.717) is 17.9 Å². The van der Waals surface area contributed by atoms with E-state index in [1.807, 2.05) is 38.4 Å². The van der Waals surface area contributed by atoms with Gasteiger partial charge in [0.05, 0.1) is 11.2 Å². The molecule has 4 N–H and O–H groups in total. The number of nitrogens with one attached hydrogen (secondary N) is 2. The van der Waals surface area contributed by atoms with Crippen LogP contribution in [0.25, 0.3) is 10.9 Å². The van der Waals surface area contributed by atoms with Gasteiger partial charge in [-0.3, -0.25) is 10.6 Å². The summed E-state index contributed by atoms with van der Waals surface area (Å²) in [5.41, 5.74) is 4.42. The van der Waals surface area contributed by atoms with Gasteiger partial charge in [-0.05, 0) is 39.2 Å². The second-order valence-corrected chi connectivity index (χ2v) is 5.13. The molecule has 0 saturated carbocycles. The zero-order valence-corrected chi connectivity index (χ0v) is 12.4. The number of carbonyl (C=O) groups excluding carboxylic acids is 1. The van der Waals surface area contributed by atoms with Crippen molar-refractivity contribution in [2.75, 3.05) is 32.6 Å². The zero-order chi connectivity index (χ0) is 15.2. The number of aromatic nitrogens is 1. The Hall–Kier alpha value is -2.18. The van der Waals surface area contributed by atoms with Crippen LogP contribution in [0.2, 0.25) is 0 Å². The fourth-order valence-corrected chi connectivity index (χ4v) is 2.10. The molecule has 6 heteroatoms. The number of nitrogen functional groups attached to an aromatic ring is 1. The van der Waals surface area contributed by atoms with E-state index in [9.17, 15) is 4.79 Å². The number of fused-ring (bicyclic) bond motifs is 1. The third-order valence-corrected chi connectivity index (χ3v) is 3.17. The van der Waals surface area contributed by atoms with Crippen LogP contribution in [0.3, 0.4) is 0 Å². The Morgan fingerprint density at radius 2 is 2.10 bits per heavy atom. The molecule has 1 aromatic carbocycles. The standard InChI is InChI=1S/C15H21N5O/c1-20(2)9-5-8-17-15(21)14-10-13(19-16)11-6-3-4-7-12(11)18-14/h3-4,6-7,10H,5,8-9,16H2,1-2H3,(H,17,21)(H,18,19). The van der Waals surface area contributed by atoms with Crippen LogP contribution in [0.5, 0.6) is 0 Å². The van der Waals surface area contributed by atoms with Crippen molar-refractivity contribution in [3.63, 3.8) is 0 Å². The molecule has 0 atom stereocenters. The molecule has 1 amide bonds. The maximum atomic E-state index is 12.1. The second-order valence-electron chi connectivity index (χ2n) is 5.13. The first kappa shape index (κ1) is 15.2. The predicted molar refractivity (Wildman–Crippen MR) is 85.1 cm³/mol. The van der Waals surface area contributed by atoms with Crippen molar-refractivity contribution in [1.82, 2.24) is 15.2 Å². The van der Waals surface area contributed by atoms with Gasteiger partial charge in [-0.2, -0.15) is 0 Å². The Morgan fingerprint density at radius 1 is 1.33 bits per heavy atom. The smallest absolute Gasteiger partial charge is 0.269 e. The third kappa shape index (κ3) is 3.90. The molecule has 0 bridgehead atoms. The van der Waals surface area contributed by atoms with Crippen LogP contribution in [0, 0.1) is 0 Å². The highest BCUT2D eigenvalue weighted by molar-refractivity contribution is 5.99. The number of rotatable bonds is 6. The number of hydrogen-bond donors (Lipinski definition) is 3. The highest BCUT2D eigenvalue weighted by Crippen LogP contribution is 2.22.